The Labute approximate surface area is 100 Å². The van der Waals surface area contributed by atoms with Crippen LogP contribution in [0.2, 0.25) is 0 Å². The first-order valence-corrected chi connectivity index (χ1v) is 8.41. The van der Waals surface area contributed by atoms with Crippen molar-refractivity contribution in [1.82, 2.24) is 13.2 Å². The van der Waals surface area contributed by atoms with Crippen molar-refractivity contribution in [2.75, 3.05) is 4.93 Å². The van der Waals surface area contributed by atoms with Gasteiger partial charge in [0.2, 0.25) is 0 Å². The van der Waals surface area contributed by atoms with Gasteiger partial charge in [0.05, 0.1) is 0 Å². The van der Waals surface area contributed by atoms with Crippen LogP contribution in [-0.2, 0) is 12.1 Å². The molecule has 1 aromatic rings. The topological polar surface area (TPSA) is 30.7 Å². The van der Waals surface area contributed by atoms with Crippen LogP contribution in [0.15, 0.2) is 0 Å². The Morgan fingerprint density at radius 3 is 2.93 bits per heavy atom. The van der Waals surface area contributed by atoms with E-state index < -0.39 is 5.67 Å². The summed E-state index contributed by atoms with van der Waals surface area (Å²) >= 11 is -0.157. The third-order valence-electron chi connectivity index (χ3n) is 2.93. The van der Waals surface area contributed by atoms with Gasteiger partial charge in [0.25, 0.3) is 0 Å². The third-order valence-corrected chi connectivity index (χ3v) is 4.62. The molecule has 1 aliphatic rings. The van der Waals surface area contributed by atoms with Crippen LogP contribution < -0.4 is 21.5 Å². The van der Waals surface area contributed by atoms with Gasteiger partial charge in [0, 0.05) is 0 Å². The van der Waals surface area contributed by atoms with Crippen molar-refractivity contribution in [1.29, 1.82) is 0 Å². The molecule has 0 saturated heterocycles. The van der Waals surface area contributed by atoms with Crippen LogP contribution >= 0.6 is 0 Å². The van der Waals surface area contributed by atoms with Gasteiger partial charge in [-0.1, -0.05) is 0 Å². The Kier molecular flexibility index (Phi) is 3.27. The Bertz CT molecular complexity index is 348. The van der Waals surface area contributed by atoms with Crippen LogP contribution in [0.1, 0.15) is 44.0 Å². The number of alkyl halides is 2. The van der Waals surface area contributed by atoms with Gasteiger partial charge in [-0.2, -0.15) is 0 Å². The second-order valence-corrected chi connectivity index (χ2v) is 6.05. The maximum absolute atomic E-state index is 14.4. The van der Waals surface area contributed by atoms with E-state index in [1.807, 2.05) is 2.90 Å². The molecule has 0 spiro atoms. The summed E-state index contributed by atoms with van der Waals surface area (Å²) in [5.41, 5.74) is 0.381. The number of hydrogen-bond acceptors (Lipinski definition) is 2. The molecule has 15 heavy (non-hydrogen) atoms. The number of nitrogens with zero attached hydrogens (tertiary/aromatic N) is 3. The predicted octanol–water partition coefficient (Wildman–Crippen LogP) is -0.939. The minimum absolute atomic E-state index is 0.157. The van der Waals surface area contributed by atoms with Gasteiger partial charge < -0.3 is 0 Å². The molecule has 0 aliphatic heterocycles. The van der Waals surface area contributed by atoms with Gasteiger partial charge in [-0.3, -0.25) is 0 Å². The van der Waals surface area contributed by atoms with Crippen molar-refractivity contribution in [3.8, 4) is 0 Å². The molecule has 3 nitrogen and oxygen atoms in total. The number of halogens is 2. The van der Waals surface area contributed by atoms with Gasteiger partial charge >= 0.3 is 100 Å². The first-order valence-electron chi connectivity index (χ1n) is 5.29. The van der Waals surface area contributed by atoms with Crippen molar-refractivity contribution in [3.05, 3.63) is 11.4 Å². The monoisotopic (exact) mass is 324 g/mol. The summed E-state index contributed by atoms with van der Waals surface area (Å²) in [5.74, 6) is 0. The van der Waals surface area contributed by atoms with E-state index in [1.54, 1.807) is 6.92 Å². The van der Waals surface area contributed by atoms with Gasteiger partial charge in [-0.05, 0) is 0 Å². The number of aromatic nitrogens is 3. The molecular weight excluding hydrogens is 308 g/mol. The molecule has 0 amide bonds. The average molecular weight is 324 g/mol. The molecule has 0 radical (unpaired) electrons. The molecule has 1 aliphatic carbocycles. The third kappa shape index (κ3) is 2.16. The van der Waals surface area contributed by atoms with Crippen molar-refractivity contribution in [2.45, 2.75) is 44.7 Å². The fourth-order valence-electron chi connectivity index (χ4n) is 2.08. The first-order chi connectivity index (χ1) is 7.15. The van der Waals surface area contributed by atoms with Gasteiger partial charge in [-0.25, -0.2) is 0 Å². The predicted molar refractivity (Wildman–Crippen MR) is 52.0 cm³/mol. The van der Waals surface area contributed by atoms with E-state index in [1.165, 1.54) is 0 Å². The quantitative estimate of drug-likeness (QED) is 0.493. The Hall–Kier alpha value is -0.200. The second-order valence-electron chi connectivity index (χ2n) is 4.17. The van der Waals surface area contributed by atoms with Gasteiger partial charge in [0.1, 0.15) is 0 Å². The van der Waals surface area contributed by atoms with Crippen LogP contribution in [0.25, 0.3) is 0 Å². The van der Waals surface area contributed by atoms with E-state index in [0.29, 0.717) is 12.1 Å². The van der Waals surface area contributed by atoms with Crippen LogP contribution in [-0.4, -0.2) is 18.1 Å². The minimum atomic E-state index is -1.27. The molecule has 1 atom stereocenters. The zero-order valence-electron chi connectivity index (χ0n) is 9.13. The Balaban J connectivity index is 2.42. The summed E-state index contributed by atoms with van der Waals surface area (Å²) in [6.45, 7) is 1.64. The summed E-state index contributed by atoms with van der Waals surface area (Å²) < 4.78 is 16.3. The fourth-order valence-corrected chi connectivity index (χ4v) is 3.42. The van der Waals surface area contributed by atoms with Crippen LogP contribution in [0, 0.1) is 0 Å². The average Bonchev–Trinajstić information content (AvgIpc) is 2.58. The Morgan fingerprint density at radius 2 is 2.20 bits per heavy atom. The molecule has 0 aromatic carbocycles. The van der Waals surface area contributed by atoms with Crippen molar-refractivity contribution >= 4 is 0 Å². The van der Waals surface area contributed by atoms with Crippen LogP contribution in [0.3, 0.4) is 0 Å². The molecule has 1 unspecified atom stereocenters. The summed E-state index contributed by atoms with van der Waals surface area (Å²) in [5, 5.41) is 8.12. The second kappa shape index (κ2) is 4.35. The summed E-state index contributed by atoms with van der Waals surface area (Å²) in [6.07, 6.45) is 4.74. The van der Waals surface area contributed by atoms with Crippen LogP contribution in [0.5, 0.6) is 0 Å². The van der Waals surface area contributed by atoms with Crippen LogP contribution in [0.4, 0.5) is 4.39 Å². The first kappa shape index (κ1) is 11.3. The van der Waals surface area contributed by atoms with E-state index in [-0.39, 0.29) is 21.5 Å². The molecule has 5 heteroatoms. The van der Waals surface area contributed by atoms with E-state index in [2.05, 4.69) is 15.2 Å². The zero-order chi connectivity index (χ0) is 10.9. The van der Waals surface area contributed by atoms with Crippen molar-refractivity contribution < 1.29 is 25.9 Å². The SMILES string of the molecule is C[I-]n1nnc2c1CCCCCC2(C)F. The van der Waals surface area contributed by atoms with E-state index >= 15 is 0 Å². The molecule has 0 bridgehead atoms. The zero-order valence-corrected chi connectivity index (χ0v) is 11.3. The molecule has 0 N–H and O–H groups in total. The van der Waals surface area contributed by atoms with E-state index in [9.17, 15) is 4.39 Å². The summed E-state index contributed by atoms with van der Waals surface area (Å²) in [6, 6.07) is 0. The molecule has 1 aromatic heterocycles. The van der Waals surface area contributed by atoms with Crippen molar-refractivity contribution in [2.24, 2.45) is 0 Å². The molecule has 86 valence electrons. The fraction of sp³-hybridized carbons (Fsp3) is 0.800. The number of rotatable bonds is 1. The van der Waals surface area contributed by atoms with Gasteiger partial charge in [-0.15, -0.1) is 0 Å². The standard InChI is InChI=1S/C10H16FIN3/c1-10(11)7-5-3-4-6-8-9(10)13-14-15(8)12-2/h3-7H2,1-2H3/q-1. The number of hydrogen-bond donors (Lipinski definition) is 0. The molecule has 0 fully saturated rings. The maximum atomic E-state index is 14.4. The molecule has 0 saturated carbocycles. The molecule has 1 heterocycles. The molecular formula is C10H16FIN3-. The Morgan fingerprint density at radius 1 is 1.40 bits per heavy atom. The normalized spacial score (nSPS) is 27.1. The summed E-state index contributed by atoms with van der Waals surface area (Å²) in [7, 11) is 0. The number of fused-ring (bicyclic) bond motifs is 1. The van der Waals surface area contributed by atoms with E-state index in [0.717, 1.165) is 31.4 Å². The van der Waals surface area contributed by atoms with E-state index in [4.69, 9.17) is 0 Å². The summed E-state index contributed by atoms with van der Waals surface area (Å²) in [4.78, 5) is 2.13. The van der Waals surface area contributed by atoms with Gasteiger partial charge in [0.15, 0.2) is 0 Å². The van der Waals surface area contributed by atoms with Crippen molar-refractivity contribution in [3.63, 3.8) is 0 Å². The molecule has 2 rings (SSSR count).